The Hall–Kier alpha value is -2.14. The van der Waals surface area contributed by atoms with Gasteiger partial charge >= 0.3 is 0 Å². The molecule has 0 radical (unpaired) electrons. The first-order chi connectivity index (χ1) is 9.08. The molecule has 0 aliphatic heterocycles. The molecule has 6 heteroatoms. The molecule has 0 saturated heterocycles. The van der Waals surface area contributed by atoms with Crippen molar-refractivity contribution in [1.29, 1.82) is 0 Å². The summed E-state index contributed by atoms with van der Waals surface area (Å²) in [6.45, 7) is 1.93. The molecule has 0 atom stereocenters. The number of halogens is 1. The molecule has 2 heterocycles. The highest BCUT2D eigenvalue weighted by Gasteiger charge is 2.10. The number of nitrogens with one attached hydrogen (secondary N) is 2. The summed E-state index contributed by atoms with van der Waals surface area (Å²) in [6, 6.07) is 6.78. The molecule has 1 amide bonds. The second-order valence-corrected chi connectivity index (χ2v) is 4.37. The maximum Gasteiger partial charge on any atom is 0.257 e. The van der Waals surface area contributed by atoms with E-state index in [-0.39, 0.29) is 11.1 Å². The molecule has 0 aromatic carbocycles. The molecule has 2 rings (SSSR count). The Morgan fingerprint density at radius 3 is 2.74 bits per heavy atom. The molecule has 2 aromatic heterocycles. The summed E-state index contributed by atoms with van der Waals surface area (Å²) in [4.78, 5) is 20.2. The fraction of sp³-hybridized carbons (Fsp3) is 0.154. The summed E-state index contributed by atoms with van der Waals surface area (Å²) >= 11 is 5.85. The zero-order valence-corrected chi connectivity index (χ0v) is 11.3. The van der Waals surface area contributed by atoms with Gasteiger partial charge in [-0.25, -0.2) is 9.97 Å². The van der Waals surface area contributed by atoms with Crippen LogP contribution in [0.2, 0.25) is 5.15 Å². The van der Waals surface area contributed by atoms with Crippen molar-refractivity contribution in [1.82, 2.24) is 9.97 Å². The van der Waals surface area contributed by atoms with Crippen molar-refractivity contribution in [3.63, 3.8) is 0 Å². The van der Waals surface area contributed by atoms with E-state index in [1.807, 2.05) is 13.0 Å². The van der Waals surface area contributed by atoms with Crippen molar-refractivity contribution in [2.75, 3.05) is 17.7 Å². The van der Waals surface area contributed by atoms with Gasteiger partial charge in [0.25, 0.3) is 5.91 Å². The maximum atomic E-state index is 12.1. The number of aryl methyl sites for hydroxylation is 1. The zero-order chi connectivity index (χ0) is 13.8. The molecule has 2 N–H and O–H groups in total. The quantitative estimate of drug-likeness (QED) is 0.846. The number of carbonyl (C=O) groups excluding carboxylic acids is 1. The van der Waals surface area contributed by atoms with Crippen molar-refractivity contribution in [3.05, 3.63) is 46.7 Å². The summed E-state index contributed by atoms with van der Waals surface area (Å²) in [5.41, 5.74) is 1.45. The first kappa shape index (κ1) is 13.3. The lowest BCUT2D eigenvalue weighted by Gasteiger charge is -2.07. The van der Waals surface area contributed by atoms with Crippen molar-refractivity contribution in [2.24, 2.45) is 0 Å². The molecule has 0 aliphatic carbocycles. The third-order valence-electron chi connectivity index (χ3n) is 2.47. The van der Waals surface area contributed by atoms with E-state index in [2.05, 4.69) is 20.6 Å². The molecular weight excluding hydrogens is 264 g/mol. The van der Waals surface area contributed by atoms with Crippen LogP contribution >= 0.6 is 11.6 Å². The second kappa shape index (κ2) is 5.67. The standard InChI is InChI=1S/C13H13ClN4O/c1-8-3-4-16-12(5-8)18-13(19)9-6-10(14)17-11(7-9)15-2/h3-7H,1-2H3,(H,15,17)(H,16,18,19). The van der Waals surface area contributed by atoms with Crippen LogP contribution in [0.1, 0.15) is 15.9 Å². The van der Waals surface area contributed by atoms with Gasteiger partial charge in [-0.15, -0.1) is 0 Å². The maximum absolute atomic E-state index is 12.1. The minimum atomic E-state index is -0.279. The predicted octanol–water partition coefficient (Wildman–Crippen LogP) is 2.73. The average Bonchev–Trinajstić information content (AvgIpc) is 2.38. The number of aromatic nitrogens is 2. The number of pyridine rings is 2. The summed E-state index contributed by atoms with van der Waals surface area (Å²) in [6.07, 6.45) is 1.64. The number of amides is 1. The number of hydrogen-bond acceptors (Lipinski definition) is 4. The summed E-state index contributed by atoms with van der Waals surface area (Å²) in [7, 11) is 1.71. The Balaban J connectivity index is 2.22. The molecule has 0 bridgehead atoms. The normalized spacial score (nSPS) is 10.1. The predicted molar refractivity (Wildman–Crippen MR) is 75.7 cm³/mol. The minimum absolute atomic E-state index is 0.259. The van der Waals surface area contributed by atoms with Crippen molar-refractivity contribution < 1.29 is 4.79 Å². The van der Waals surface area contributed by atoms with Gasteiger partial charge in [-0.3, -0.25) is 4.79 Å². The Morgan fingerprint density at radius 2 is 2.05 bits per heavy atom. The molecule has 0 fully saturated rings. The third-order valence-corrected chi connectivity index (χ3v) is 2.66. The third kappa shape index (κ3) is 3.42. The highest BCUT2D eigenvalue weighted by Crippen LogP contribution is 2.15. The second-order valence-electron chi connectivity index (χ2n) is 3.99. The van der Waals surface area contributed by atoms with E-state index in [1.165, 1.54) is 6.07 Å². The number of hydrogen-bond donors (Lipinski definition) is 2. The molecule has 5 nitrogen and oxygen atoms in total. The zero-order valence-electron chi connectivity index (χ0n) is 10.6. The smallest absolute Gasteiger partial charge is 0.257 e. The van der Waals surface area contributed by atoms with Crippen LogP contribution in [0.15, 0.2) is 30.5 Å². The first-order valence-electron chi connectivity index (χ1n) is 5.68. The van der Waals surface area contributed by atoms with Crippen LogP contribution in [0.4, 0.5) is 11.6 Å². The highest BCUT2D eigenvalue weighted by atomic mass is 35.5. The van der Waals surface area contributed by atoms with Gasteiger partial charge in [0, 0.05) is 18.8 Å². The SMILES string of the molecule is CNc1cc(C(=O)Nc2cc(C)ccn2)cc(Cl)n1. The lowest BCUT2D eigenvalue weighted by molar-refractivity contribution is 0.102. The number of rotatable bonds is 3. The van der Waals surface area contributed by atoms with Crippen molar-refractivity contribution in [3.8, 4) is 0 Å². The molecule has 2 aromatic rings. The van der Waals surface area contributed by atoms with Gasteiger partial charge in [0.15, 0.2) is 0 Å². The molecule has 0 saturated carbocycles. The lowest BCUT2D eigenvalue weighted by atomic mass is 10.2. The molecule has 0 spiro atoms. The fourth-order valence-corrected chi connectivity index (χ4v) is 1.76. The first-order valence-corrected chi connectivity index (χ1v) is 6.05. The fourth-order valence-electron chi connectivity index (χ4n) is 1.55. The largest absolute Gasteiger partial charge is 0.373 e. The summed E-state index contributed by atoms with van der Waals surface area (Å²) < 4.78 is 0. The molecule has 19 heavy (non-hydrogen) atoms. The monoisotopic (exact) mass is 276 g/mol. The van der Waals surface area contributed by atoms with Crippen LogP contribution in [-0.2, 0) is 0 Å². The van der Waals surface area contributed by atoms with E-state index in [9.17, 15) is 4.79 Å². The van der Waals surface area contributed by atoms with Crippen molar-refractivity contribution >= 4 is 29.1 Å². The average molecular weight is 277 g/mol. The van der Waals surface area contributed by atoms with Crippen LogP contribution in [-0.4, -0.2) is 22.9 Å². The van der Waals surface area contributed by atoms with E-state index < -0.39 is 0 Å². The Morgan fingerprint density at radius 1 is 1.26 bits per heavy atom. The number of anilines is 2. The van der Waals surface area contributed by atoms with Gasteiger partial charge in [-0.05, 0) is 36.8 Å². The van der Waals surface area contributed by atoms with E-state index in [0.717, 1.165) is 5.56 Å². The van der Waals surface area contributed by atoms with Gasteiger partial charge < -0.3 is 10.6 Å². The van der Waals surface area contributed by atoms with Crippen LogP contribution in [0, 0.1) is 6.92 Å². The topological polar surface area (TPSA) is 66.9 Å². The molecular formula is C13H13ClN4O. The van der Waals surface area contributed by atoms with Gasteiger partial charge in [0.2, 0.25) is 0 Å². The minimum Gasteiger partial charge on any atom is -0.373 e. The number of carbonyl (C=O) groups is 1. The van der Waals surface area contributed by atoms with E-state index >= 15 is 0 Å². The molecule has 0 unspecified atom stereocenters. The van der Waals surface area contributed by atoms with E-state index in [0.29, 0.717) is 17.2 Å². The van der Waals surface area contributed by atoms with E-state index in [1.54, 1.807) is 25.4 Å². The Labute approximate surface area is 116 Å². The van der Waals surface area contributed by atoms with Gasteiger partial charge in [0.05, 0.1) is 0 Å². The van der Waals surface area contributed by atoms with Crippen LogP contribution in [0.25, 0.3) is 0 Å². The Kier molecular flexibility index (Phi) is 3.97. The van der Waals surface area contributed by atoms with Gasteiger partial charge in [0.1, 0.15) is 16.8 Å². The van der Waals surface area contributed by atoms with Crippen LogP contribution < -0.4 is 10.6 Å². The Bertz CT molecular complexity index is 615. The summed E-state index contributed by atoms with van der Waals surface area (Å²) in [5.74, 6) is 0.762. The number of nitrogens with zero attached hydrogens (tertiary/aromatic N) is 2. The molecule has 98 valence electrons. The lowest BCUT2D eigenvalue weighted by Crippen LogP contribution is -2.13. The van der Waals surface area contributed by atoms with Crippen LogP contribution in [0.3, 0.4) is 0 Å². The highest BCUT2D eigenvalue weighted by molar-refractivity contribution is 6.30. The van der Waals surface area contributed by atoms with Gasteiger partial charge in [-0.1, -0.05) is 11.6 Å². The van der Waals surface area contributed by atoms with Gasteiger partial charge in [-0.2, -0.15) is 0 Å². The van der Waals surface area contributed by atoms with E-state index in [4.69, 9.17) is 11.6 Å². The molecule has 0 aliphatic rings. The van der Waals surface area contributed by atoms with Crippen LogP contribution in [0.5, 0.6) is 0 Å². The van der Waals surface area contributed by atoms with Crippen molar-refractivity contribution in [2.45, 2.75) is 6.92 Å². The summed E-state index contributed by atoms with van der Waals surface area (Å²) in [5, 5.41) is 5.82.